The fraction of sp³-hybridized carbons (Fsp3) is 0.222. The molecule has 0 fully saturated rings. The van der Waals surface area contributed by atoms with Gasteiger partial charge in [0.25, 0.3) is 0 Å². The molecule has 2 amide bonds. The van der Waals surface area contributed by atoms with Crippen molar-refractivity contribution in [3.05, 3.63) is 52.0 Å². The Bertz CT molecular complexity index is 827. The second kappa shape index (κ2) is 8.78. The molecule has 2 rings (SSSR count). The first-order chi connectivity index (χ1) is 12.4. The van der Waals surface area contributed by atoms with Crippen LogP contribution in [0.5, 0.6) is 11.5 Å². The van der Waals surface area contributed by atoms with Crippen LogP contribution in [0, 0.1) is 0 Å². The monoisotopic (exact) mass is 396 g/mol. The van der Waals surface area contributed by atoms with Crippen molar-refractivity contribution in [2.75, 3.05) is 19.5 Å². The topological polar surface area (TPSA) is 76.7 Å². The van der Waals surface area contributed by atoms with Crippen molar-refractivity contribution in [1.29, 1.82) is 0 Å². The van der Waals surface area contributed by atoms with Crippen molar-refractivity contribution in [2.45, 2.75) is 13.0 Å². The number of halogens is 2. The first-order valence-electron chi connectivity index (χ1n) is 7.65. The Morgan fingerprint density at radius 1 is 1.00 bits per heavy atom. The van der Waals surface area contributed by atoms with Crippen LogP contribution in [-0.2, 0) is 9.59 Å². The number of carbonyl (C=O) groups excluding carboxylic acids is 2. The minimum atomic E-state index is -0.846. The summed E-state index contributed by atoms with van der Waals surface area (Å²) >= 11 is 11.9. The molecule has 0 bridgehead atoms. The number of carbonyl (C=O) groups is 2. The molecule has 2 aromatic carbocycles. The normalized spacial score (nSPS) is 11.4. The molecule has 0 aromatic heterocycles. The smallest absolute Gasteiger partial charge is 0.313 e. The van der Waals surface area contributed by atoms with Crippen molar-refractivity contribution in [3.8, 4) is 11.5 Å². The molecule has 0 saturated heterocycles. The van der Waals surface area contributed by atoms with Crippen LogP contribution in [0.1, 0.15) is 18.5 Å². The maximum atomic E-state index is 12.1. The summed E-state index contributed by atoms with van der Waals surface area (Å²) in [6.07, 6.45) is 0. The van der Waals surface area contributed by atoms with E-state index in [0.717, 1.165) is 5.56 Å². The molecule has 0 radical (unpaired) electrons. The molecule has 0 saturated carbocycles. The Hall–Kier alpha value is -2.44. The highest BCUT2D eigenvalue weighted by molar-refractivity contribution is 6.45. The minimum absolute atomic E-state index is 0.170. The van der Waals surface area contributed by atoms with E-state index in [-0.39, 0.29) is 15.7 Å². The summed E-state index contributed by atoms with van der Waals surface area (Å²) in [5, 5.41) is 5.50. The van der Waals surface area contributed by atoms with Gasteiger partial charge in [-0.05, 0) is 36.8 Å². The lowest BCUT2D eigenvalue weighted by Crippen LogP contribution is -2.37. The number of ether oxygens (including phenoxy) is 2. The van der Waals surface area contributed by atoms with E-state index in [4.69, 9.17) is 32.7 Å². The Morgan fingerprint density at radius 3 is 2.35 bits per heavy atom. The Kier molecular flexibility index (Phi) is 6.71. The number of hydrogen-bond donors (Lipinski definition) is 2. The fourth-order valence-corrected chi connectivity index (χ4v) is 2.59. The predicted molar refractivity (Wildman–Crippen MR) is 101 cm³/mol. The Labute approximate surface area is 161 Å². The molecule has 138 valence electrons. The number of methoxy groups -OCH3 is 2. The van der Waals surface area contributed by atoms with E-state index in [1.807, 2.05) is 0 Å². The largest absolute Gasteiger partial charge is 0.493 e. The zero-order valence-corrected chi connectivity index (χ0v) is 15.9. The van der Waals surface area contributed by atoms with Gasteiger partial charge in [-0.2, -0.15) is 0 Å². The summed E-state index contributed by atoms with van der Waals surface area (Å²) in [5.41, 5.74) is 1.02. The van der Waals surface area contributed by atoms with Crippen molar-refractivity contribution in [1.82, 2.24) is 5.32 Å². The van der Waals surface area contributed by atoms with Crippen molar-refractivity contribution < 1.29 is 19.1 Å². The predicted octanol–water partition coefficient (Wildman–Crippen LogP) is 3.83. The summed E-state index contributed by atoms with van der Waals surface area (Å²) in [6.45, 7) is 1.75. The van der Waals surface area contributed by atoms with Crippen molar-refractivity contribution >= 4 is 40.7 Å². The van der Waals surface area contributed by atoms with Gasteiger partial charge in [-0.25, -0.2) is 0 Å². The summed E-state index contributed by atoms with van der Waals surface area (Å²) in [7, 11) is 3.06. The van der Waals surface area contributed by atoms with Gasteiger partial charge in [0.1, 0.15) is 0 Å². The SMILES string of the molecule is COc1ccc(C(C)NC(=O)C(=O)Nc2cccc(Cl)c2Cl)cc1OC. The van der Waals surface area contributed by atoms with Gasteiger partial charge in [0, 0.05) is 0 Å². The van der Waals surface area contributed by atoms with Crippen LogP contribution in [0.3, 0.4) is 0 Å². The lowest BCUT2D eigenvalue weighted by Gasteiger charge is -2.16. The zero-order chi connectivity index (χ0) is 19.3. The molecule has 0 aliphatic heterocycles. The molecule has 2 N–H and O–H groups in total. The number of rotatable bonds is 5. The first kappa shape index (κ1) is 19.9. The number of anilines is 1. The van der Waals surface area contributed by atoms with E-state index in [9.17, 15) is 9.59 Å². The molecule has 1 unspecified atom stereocenters. The third kappa shape index (κ3) is 4.59. The van der Waals surface area contributed by atoms with Gasteiger partial charge >= 0.3 is 11.8 Å². The Morgan fingerprint density at radius 2 is 1.69 bits per heavy atom. The maximum Gasteiger partial charge on any atom is 0.313 e. The lowest BCUT2D eigenvalue weighted by molar-refractivity contribution is -0.136. The van der Waals surface area contributed by atoms with Crippen molar-refractivity contribution in [2.24, 2.45) is 0 Å². The lowest BCUT2D eigenvalue weighted by atomic mass is 10.1. The number of amides is 2. The van der Waals surface area contributed by atoms with Crippen LogP contribution in [0.4, 0.5) is 5.69 Å². The molecule has 0 aliphatic carbocycles. The van der Waals surface area contributed by atoms with E-state index in [1.165, 1.54) is 14.2 Å². The van der Waals surface area contributed by atoms with Gasteiger partial charge < -0.3 is 20.1 Å². The summed E-state index contributed by atoms with van der Waals surface area (Å²) < 4.78 is 10.4. The number of benzene rings is 2. The van der Waals surface area contributed by atoms with Gasteiger partial charge in [0.05, 0.1) is 36.0 Å². The van der Waals surface area contributed by atoms with Crippen molar-refractivity contribution in [3.63, 3.8) is 0 Å². The van der Waals surface area contributed by atoms with Crippen LogP contribution in [0.15, 0.2) is 36.4 Å². The quantitative estimate of drug-likeness (QED) is 0.752. The van der Waals surface area contributed by atoms with E-state index in [2.05, 4.69) is 10.6 Å². The Balaban J connectivity index is 2.06. The van der Waals surface area contributed by atoms with Gasteiger partial charge in [0.2, 0.25) is 0 Å². The second-order valence-electron chi connectivity index (χ2n) is 5.37. The maximum absolute atomic E-state index is 12.1. The fourth-order valence-electron chi connectivity index (χ4n) is 2.25. The molecule has 8 heteroatoms. The average molecular weight is 397 g/mol. The summed E-state index contributed by atoms with van der Waals surface area (Å²) in [4.78, 5) is 24.2. The van der Waals surface area contributed by atoms with E-state index in [0.29, 0.717) is 11.5 Å². The molecule has 0 aliphatic rings. The molecular formula is C18H18Cl2N2O4. The van der Waals surface area contributed by atoms with Gasteiger partial charge in [0.15, 0.2) is 11.5 Å². The summed E-state index contributed by atoms with van der Waals surface area (Å²) in [6, 6.07) is 9.56. The van der Waals surface area contributed by atoms with Crippen LogP contribution in [0.25, 0.3) is 0 Å². The third-order valence-corrected chi connectivity index (χ3v) is 4.48. The first-order valence-corrected chi connectivity index (χ1v) is 8.40. The summed E-state index contributed by atoms with van der Waals surface area (Å²) in [5.74, 6) is -0.547. The molecule has 2 aromatic rings. The minimum Gasteiger partial charge on any atom is -0.493 e. The number of nitrogens with one attached hydrogen (secondary N) is 2. The molecule has 26 heavy (non-hydrogen) atoms. The highest BCUT2D eigenvalue weighted by Gasteiger charge is 2.19. The highest BCUT2D eigenvalue weighted by Crippen LogP contribution is 2.30. The third-order valence-electron chi connectivity index (χ3n) is 3.66. The molecule has 1 atom stereocenters. The van der Waals surface area contributed by atoms with Crippen LogP contribution in [0.2, 0.25) is 10.0 Å². The van der Waals surface area contributed by atoms with Gasteiger partial charge in [-0.3, -0.25) is 9.59 Å². The zero-order valence-electron chi connectivity index (χ0n) is 14.4. The van der Waals surface area contributed by atoms with Gasteiger partial charge in [-0.15, -0.1) is 0 Å². The van der Waals surface area contributed by atoms with E-state index in [1.54, 1.807) is 43.3 Å². The molecule has 0 heterocycles. The van der Waals surface area contributed by atoms with Crippen LogP contribution >= 0.6 is 23.2 Å². The number of hydrogen-bond acceptors (Lipinski definition) is 4. The van der Waals surface area contributed by atoms with Gasteiger partial charge in [-0.1, -0.05) is 35.3 Å². The van der Waals surface area contributed by atoms with Crippen LogP contribution in [-0.4, -0.2) is 26.0 Å². The average Bonchev–Trinajstić information content (AvgIpc) is 2.64. The van der Waals surface area contributed by atoms with E-state index < -0.39 is 17.9 Å². The standard InChI is InChI=1S/C18H18Cl2N2O4/c1-10(11-7-8-14(25-2)15(9-11)26-3)21-17(23)18(24)22-13-6-4-5-12(19)16(13)20/h4-10H,1-3H3,(H,21,23)(H,22,24). The molecule has 6 nitrogen and oxygen atoms in total. The second-order valence-corrected chi connectivity index (χ2v) is 6.15. The molecule has 0 spiro atoms. The highest BCUT2D eigenvalue weighted by atomic mass is 35.5. The van der Waals surface area contributed by atoms with Crippen LogP contribution < -0.4 is 20.1 Å². The van der Waals surface area contributed by atoms with E-state index >= 15 is 0 Å². The molecular weight excluding hydrogens is 379 g/mol.